The molecule has 1 unspecified atom stereocenters. The summed E-state index contributed by atoms with van der Waals surface area (Å²) in [6, 6.07) is 58.1. The number of aromatic nitrogens is 1. The number of benzene rings is 6. The van der Waals surface area contributed by atoms with E-state index in [0.717, 1.165) is 33.4 Å². The van der Waals surface area contributed by atoms with E-state index in [1.54, 1.807) is 5.38 Å². The Morgan fingerprint density at radius 3 is 1.58 bits per heavy atom. The third kappa shape index (κ3) is 7.74. The van der Waals surface area contributed by atoms with E-state index in [-0.39, 0.29) is 28.7 Å². The molecule has 318 valence electrons. The number of carbonyl (C=O) groups is 3. The molecule has 13 heteroatoms. The van der Waals surface area contributed by atoms with Crippen LogP contribution in [0.2, 0.25) is 0 Å². The monoisotopic (exact) mass is 901 g/mol. The zero-order chi connectivity index (χ0) is 44.1. The minimum Gasteiger partial charge on any atom is -0.477 e. The first-order chi connectivity index (χ1) is 31.3. The quantitative estimate of drug-likeness (QED) is 0.0305. The minimum atomic E-state index is -1.35. The summed E-state index contributed by atoms with van der Waals surface area (Å²) in [4.78, 5) is 54.1. The number of carboxylic acid groups (broad SMARTS) is 1. The first-order valence-electron chi connectivity index (χ1n) is 20.5. The van der Waals surface area contributed by atoms with Gasteiger partial charge in [-0.1, -0.05) is 187 Å². The number of hydrogen-bond donors (Lipinski definition) is 3. The maximum atomic E-state index is 14.9. The zero-order valence-electron chi connectivity index (χ0n) is 34.1. The van der Waals surface area contributed by atoms with Crippen LogP contribution in [-0.2, 0) is 30.4 Å². The van der Waals surface area contributed by atoms with Gasteiger partial charge in [-0.25, -0.2) is 9.78 Å². The molecule has 1 fully saturated rings. The van der Waals surface area contributed by atoms with Gasteiger partial charge in [0.15, 0.2) is 10.8 Å². The van der Waals surface area contributed by atoms with Crippen LogP contribution in [0, 0.1) is 0 Å². The number of β-lactam (4-membered cyclic amide) rings is 1. The number of carboxylic acids is 1. The van der Waals surface area contributed by atoms with E-state index in [9.17, 15) is 19.5 Å². The standard InChI is InChI=1S/C51H40ClN5O5S2/c52-31-34-32-63-47-43(46(59)57(47)44(34)48(60)61)54-45(58)42(56-62-51(38-25-13-4-14-26-38,39-27-15-5-16-28-39)40-29-17-6-18-30-40)41-33-64-49(53-41)55-50(35-19-7-1-8-20-35,36-21-9-2-10-22-36)37-23-11-3-12-24-37/h1-30,33,43,47H,31-32H2,(H,53,55)(H,54,58)(H,60,61)/b56-42-/t43?,47-/m0/s1. The fourth-order valence-electron chi connectivity index (χ4n) is 8.37. The zero-order valence-corrected chi connectivity index (χ0v) is 36.5. The van der Waals surface area contributed by atoms with E-state index >= 15 is 0 Å². The molecule has 2 aliphatic rings. The molecular formula is C51H40ClN5O5S2. The van der Waals surface area contributed by atoms with Crippen molar-refractivity contribution in [2.24, 2.45) is 5.16 Å². The summed E-state index contributed by atoms with van der Waals surface area (Å²) < 4.78 is 0. The molecule has 2 amide bonds. The van der Waals surface area contributed by atoms with E-state index in [0.29, 0.717) is 10.7 Å². The molecule has 1 aromatic heterocycles. The third-order valence-electron chi connectivity index (χ3n) is 11.4. The number of thioether (sulfide) groups is 1. The molecule has 3 N–H and O–H groups in total. The lowest BCUT2D eigenvalue weighted by molar-refractivity contribution is -0.150. The van der Waals surface area contributed by atoms with Crippen molar-refractivity contribution in [2.45, 2.75) is 22.6 Å². The number of carbonyl (C=O) groups excluding carboxylic acids is 2. The van der Waals surface area contributed by atoms with Crippen LogP contribution in [0.1, 0.15) is 39.1 Å². The number of nitrogens with one attached hydrogen (secondary N) is 2. The molecule has 2 aliphatic heterocycles. The average molecular weight is 902 g/mol. The van der Waals surface area contributed by atoms with E-state index < -0.39 is 40.3 Å². The molecule has 9 rings (SSSR count). The summed E-state index contributed by atoms with van der Waals surface area (Å²) in [5.41, 5.74) is 3.14. The maximum Gasteiger partial charge on any atom is 0.352 e. The van der Waals surface area contributed by atoms with Gasteiger partial charge in [-0.2, -0.15) is 0 Å². The van der Waals surface area contributed by atoms with E-state index in [1.165, 1.54) is 28.0 Å². The molecule has 3 heterocycles. The van der Waals surface area contributed by atoms with Gasteiger partial charge in [0.05, 0.1) is 0 Å². The fourth-order valence-corrected chi connectivity index (χ4v) is 10.8. The molecule has 64 heavy (non-hydrogen) atoms. The van der Waals surface area contributed by atoms with Gasteiger partial charge in [-0.05, 0) is 22.3 Å². The number of hydrogen-bond acceptors (Lipinski definition) is 9. The smallest absolute Gasteiger partial charge is 0.352 e. The summed E-state index contributed by atoms with van der Waals surface area (Å²) in [5, 5.41) is 23.0. The van der Waals surface area contributed by atoms with E-state index in [1.807, 2.05) is 146 Å². The Balaban J connectivity index is 1.17. The van der Waals surface area contributed by atoms with Gasteiger partial charge < -0.3 is 20.6 Å². The Morgan fingerprint density at radius 1 is 0.719 bits per heavy atom. The Labute approximate surface area is 383 Å². The molecule has 0 bridgehead atoms. The Hall–Kier alpha value is -6.99. The lowest BCUT2D eigenvalue weighted by Gasteiger charge is -2.49. The lowest BCUT2D eigenvalue weighted by atomic mass is 9.77. The van der Waals surface area contributed by atoms with Crippen molar-refractivity contribution in [3.8, 4) is 0 Å². The van der Waals surface area contributed by atoms with Gasteiger partial charge in [-0.3, -0.25) is 14.5 Å². The number of thiazole rings is 1. The van der Waals surface area contributed by atoms with Crippen LogP contribution >= 0.6 is 34.7 Å². The molecule has 7 aromatic rings. The molecule has 0 spiro atoms. The van der Waals surface area contributed by atoms with Crippen molar-refractivity contribution in [3.63, 3.8) is 0 Å². The number of oxime groups is 1. The largest absolute Gasteiger partial charge is 0.477 e. The fraction of sp³-hybridized carbons (Fsp3) is 0.118. The summed E-state index contributed by atoms with van der Waals surface area (Å²) in [5.74, 6) is -2.31. The number of alkyl halides is 1. The van der Waals surface area contributed by atoms with Gasteiger partial charge in [0.2, 0.25) is 5.60 Å². The van der Waals surface area contributed by atoms with Gasteiger partial charge in [0.25, 0.3) is 11.8 Å². The number of anilines is 1. The van der Waals surface area contributed by atoms with E-state index in [2.05, 4.69) is 47.0 Å². The van der Waals surface area contributed by atoms with Gasteiger partial charge in [0, 0.05) is 33.7 Å². The van der Waals surface area contributed by atoms with Crippen LogP contribution in [0.3, 0.4) is 0 Å². The third-order valence-corrected chi connectivity index (χ3v) is 13.8. The number of amides is 2. The second-order valence-electron chi connectivity index (χ2n) is 15.1. The van der Waals surface area contributed by atoms with Crippen LogP contribution < -0.4 is 10.6 Å². The number of aliphatic carboxylic acids is 1. The maximum absolute atomic E-state index is 14.9. The van der Waals surface area contributed by atoms with Crippen molar-refractivity contribution in [1.29, 1.82) is 0 Å². The predicted octanol–water partition coefficient (Wildman–Crippen LogP) is 9.24. The molecule has 0 radical (unpaired) electrons. The number of rotatable bonds is 15. The summed E-state index contributed by atoms with van der Waals surface area (Å²) in [6.45, 7) is 0. The molecule has 10 nitrogen and oxygen atoms in total. The van der Waals surface area contributed by atoms with Crippen molar-refractivity contribution in [3.05, 3.63) is 238 Å². The second kappa shape index (κ2) is 18.4. The molecule has 6 aromatic carbocycles. The first kappa shape index (κ1) is 42.3. The lowest BCUT2D eigenvalue weighted by Crippen LogP contribution is -2.71. The molecule has 1 saturated heterocycles. The van der Waals surface area contributed by atoms with Crippen LogP contribution in [0.25, 0.3) is 0 Å². The van der Waals surface area contributed by atoms with Crippen molar-refractivity contribution < 1.29 is 24.3 Å². The van der Waals surface area contributed by atoms with E-state index in [4.69, 9.17) is 26.6 Å². The van der Waals surface area contributed by atoms with Crippen molar-refractivity contribution in [1.82, 2.24) is 15.2 Å². The van der Waals surface area contributed by atoms with Crippen molar-refractivity contribution >= 4 is 63.3 Å². The van der Waals surface area contributed by atoms with Crippen LogP contribution in [0.4, 0.5) is 5.13 Å². The molecule has 0 saturated carbocycles. The number of fused-ring (bicyclic) bond motifs is 1. The molecular weight excluding hydrogens is 862 g/mol. The minimum absolute atomic E-state index is 0.0391. The normalized spacial score (nSPS) is 16.4. The Bertz CT molecular complexity index is 2640. The predicted molar refractivity (Wildman–Crippen MR) is 252 cm³/mol. The van der Waals surface area contributed by atoms with Crippen LogP contribution in [0.15, 0.2) is 204 Å². The first-order valence-corrected chi connectivity index (χ1v) is 22.9. The number of halogens is 1. The average Bonchev–Trinajstić information content (AvgIpc) is 3.82. The highest BCUT2D eigenvalue weighted by Crippen LogP contribution is 2.44. The van der Waals surface area contributed by atoms with Gasteiger partial charge >= 0.3 is 5.97 Å². The van der Waals surface area contributed by atoms with Crippen LogP contribution in [-0.4, -0.2) is 61.5 Å². The Morgan fingerprint density at radius 2 is 1.16 bits per heavy atom. The molecule has 2 atom stereocenters. The SMILES string of the molecule is O=C(O)C1=C(CCl)CS[C@H]2C(NC(=O)/C(=N\OC(c3ccccc3)(c3ccccc3)c3ccccc3)c3csc(NC(c4ccccc4)(c4ccccc4)c4ccccc4)n3)C(=O)N12. The van der Waals surface area contributed by atoms with Crippen molar-refractivity contribution in [2.75, 3.05) is 16.9 Å². The highest BCUT2D eigenvalue weighted by atomic mass is 35.5. The summed E-state index contributed by atoms with van der Waals surface area (Å²) in [7, 11) is 0. The van der Waals surface area contributed by atoms with Gasteiger partial charge in [-0.15, -0.1) is 34.7 Å². The Kier molecular flexibility index (Phi) is 12.2. The van der Waals surface area contributed by atoms with Gasteiger partial charge in [0.1, 0.15) is 28.3 Å². The van der Waals surface area contributed by atoms with Crippen LogP contribution in [0.5, 0.6) is 0 Å². The topological polar surface area (TPSA) is 133 Å². The summed E-state index contributed by atoms with van der Waals surface area (Å²) >= 11 is 8.72. The highest BCUT2D eigenvalue weighted by molar-refractivity contribution is 8.00. The highest BCUT2D eigenvalue weighted by Gasteiger charge is 2.54. The summed E-state index contributed by atoms with van der Waals surface area (Å²) in [6.07, 6.45) is 0. The number of nitrogens with zero attached hydrogens (tertiary/aromatic N) is 3. The second-order valence-corrected chi connectivity index (χ2v) is 17.3. The molecule has 0 aliphatic carbocycles.